The Morgan fingerprint density at radius 1 is 0.367 bits per heavy atom. The highest BCUT2D eigenvalue weighted by Crippen LogP contribution is 2.18. The van der Waals surface area contributed by atoms with Crippen molar-refractivity contribution in [1.29, 1.82) is 0 Å². The van der Waals surface area contributed by atoms with E-state index in [1.165, 1.54) is 283 Å². The molecule has 0 spiro atoms. The number of likely N-dealkylation sites (N-methyl/N-ethyl adjacent to an activating group) is 1. The van der Waals surface area contributed by atoms with Crippen LogP contribution < -0.4 is 5.11 Å². The molecule has 0 heterocycles. The number of hydrogen-bond acceptors (Lipinski definition) is 8. The molecule has 0 aliphatic rings. The molecule has 0 saturated carbocycles. The van der Waals surface area contributed by atoms with Crippen LogP contribution in [0.1, 0.15) is 348 Å². The fourth-order valence-corrected chi connectivity index (χ4v) is 10.4. The van der Waals surface area contributed by atoms with E-state index in [-0.39, 0.29) is 32.2 Å². The van der Waals surface area contributed by atoms with E-state index in [9.17, 15) is 19.5 Å². The van der Waals surface area contributed by atoms with E-state index >= 15 is 0 Å². The number of carboxylic acid groups (broad SMARTS) is 1. The Morgan fingerprint density at radius 3 is 0.937 bits per heavy atom. The number of quaternary nitrogens is 1. The molecule has 466 valence electrons. The van der Waals surface area contributed by atoms with Gasteiger partial charge in [0.2, 0.25) is 0 Å². The first-order valence-corrected chi connectivity index (χ1v) is 34.5. The molecule has 0 amide bonds. The van der Waals surface area contributed by atoms with Crippen molar-refractivity contribution in [1.82, 2.24) is 0 Å². The molecular formula is C70H133NO8. The second kappa shape index (κ2) is 61.8. The number of carbonyl (C=O) groups excluding carboxylic acids is 3. The molecule has 0 bridgehead atoms. The molecule has 0 aromatic rings. The summed E-state index contributed by atoms with van der Waals surface area (Å²) in [7, 11) is 5.94. The van der Waals surface area contributed by atoms with Gasteiger partial charge in [-0.25, -0.2) is 0 Å². The molecule has 2 atom stereocenters. The number of aliphatic carboxylic acids is 1. The third kappa shape index (κ3) is 63.2. The molecular weight excluding hydrogens is 983 g/mol. The molecule has 0 radical (unpaired) electrons. The summed E-state index contributed by atoms with van der Waals surface area (Å²) in [5.41, 5.74) is 0. The Morgan fingerprint density at radius 2 is 0.646 bits per heavy atom. The Bertz CT molecular complexity index is 1340. The van der Waals surface area contributed by atoms with Gasteiger partial charge in [0, 0.05) is 12.8 Å². The van der Waals surface area contributed by atoms with Gasteiger partial charge in [0.25, 0.3) is 0 Å². The maximum Gasteiger partial charge on any atom is 0.306 e. The van der Waals surface area contributed by atoms with Crippen LogP contribution in [0.2, 0.25) is 0 Å². The molecule has 0 N–H and O–H groups in total. The number of esters is 2. The monoisotopic (exact) mass is 1120 g/mol. The quantitative estimate of drug-likeness (QED) is 0.0195. The molecule has 0 aromatic heterocycles. The standard InChI is InChI=1S/C70H133NO8/c1-6-8-10-12-14-16-18-20-22-24-26-28-30-31-32-33-34-35-36-37-39-41-43-45-47-49-51-53-55-57-59-61-68(73)79-66(65-78-70(69(74)75)76-63-62-71(3,4)5)64-77-67(72)60-58-56-54-52-50-48-46-44-42-40-38-29-27-25-23-21-19-17-15-13-11-9-7-2/h24-27,66,70H,6-23,28-65H2,1-5H3/b26-24-,27-25-. The molecule has 79 heavy (non-hydrogen) atoms. The Labute approximate surface area is 490 Å². The van der Waals surface area contributed by atoms with Crippen LogP contribution in [0.25, 0.3) is 0 Å². The van der Waals surface area contributed by atoms with Gasteiger partial charge in [-0.3, -0.25) is 9.59 Å². The van der Waals surface area contributed by atoms with Gasteiger partial charge in [0.05, 0.1) is 40.3 Å². The number of carbonyl (C=O) groups is 3. The number of ether oxygens (including phenoxy) is 4. The lowest BCUT2D eigenvalue weighted by Gasteiger charge is -2.26. The van der Waals surface area contributed by atoms with E-state index in [0.29, 0.717) is 17.4 Å². The normalized spacial score (nSPS) is 12.8. The van der Waals surface area contributed by atoms with Gasteiger partial charge in [-0.05, 0) is 64.2 Å². The van der Waals surface area contributed by atoms with E-state index in [1.807, 2.05) is 21.1 Å². The highest BCUT2D eigenvalue weighted by Gasteiger charge is 2.22. The van der Waals surface area contributed by atoms with E-state index in [1.54, 1.807) is 0 Å². The lowest BCUT2D eigenvalue weighted by atomic mass is 10.0. The van der Waals surface area contributed by atoms with Crippen LogP contribution in [0.4, 0.5) is 0 Å². The van der Waals surface area contributed by atoms with Crippen LogP contribution >= 0.6 is 0 Å². The number of rotatable bonds is 65. The van der Waals surface area contributed by atoms with Crippen LogP contribution in [0.5, 0.6) is 0 Å². The average molecular weight is 1120 g/mol. The van der Waals surface area contributed by atoms with Crippen molar-refractivity contribution >= 4 is 17.9 Å². The van der Waals surface area contributed by atoms with E-state index in [4.69, 9.17) is 18.9 Å². The van der Waals surface area contributed by atoms with Crippen molar-refractivity contribution in [3.8, 4) is 0 Å². The van der Waals surface area contributed by atoms with Crippen molar-refractivity contribution in [2.45, 2.75) is 360 Å². The molecule has 9 nitrogen and oxygen atoms in total. The van der Waals surface area contributed by atoms with Gasteiger partial charge in [0.15, 0.2) is 12.4 Å². The lowest BCUT2D eigenvalue weighted by molar-refractivity contribution is -0.870. The smallest absolute Gasteiger partial charge is 0.306 e. The minimum atomic E-state index is -1.62. The molecule has 0 aliphatic carbocycles. The fourth-order valence-electron chi connectivity index (χ4n) is 10.4. The Hall–Kier alpha value is -2.23. The van der Waals surface area contributed by atoms with Crippen molar-refractivity contribution in [2.75, 3.05) is 47.5 Å². The minimum absolute atomic E-state index is 0.151. The van der Waals surface area contributed by atoms with Gasteiger partial charge in [0.1, 0.15) is 13.2 Å². The van der Waals surface area contributed by atoms with Crippen LogP contribution in [-0.4, -0.2) is 82.3 Å². The molecule has 0 rings (SSSR count). The molecule has 0 aromatic carbocycles. The summed E-state index contributed by atoms with van der Waals surface area (Å²) in [6.45, 7) is 4.81. The molecule has 9 heteroatoms. The summed E-state index contributed by atoms with van der Waals surface area (Å²) >= 11 is 0. The van der Waals surface area contributed by atoms with Crippen molar-refractivity contribution in [2.24, 2.45) is 0 Å². The number of unbranched alkanes of at least 4 members (excludes halogenated alkanes) is 46. The van der Waals surface area contributed by atoms with Gasteiger partial charge in [-0.2, -0.15) is 0 Å². The van der Waals surface area contributed by atoms with Gasteiger partial charge in [-0.1, -0.05) is 295 Å². The minimum Gasteiger partial charge on any atom is -0.545 e. The van der Waals surface area contributed by atoms with Gasteiger partial charge >= 0.3 is 11.9 Å². The van der Waals surface area contributed by atoms with Crippen LogP contribution in [0.15, 0.2) is 24.3 Å². The van der Waals surface area contributed by atoms with Crippen molar-refractivity contribution in [3.05, 3.63) is 24.3 Å². The SMILES string of the molecule is CCCCCCCCCC/C=C\CCCCCCCCCCCCCCCCCCCCCC(=O)OC(COC(=O)CCCCCCCCCCCCC/C=C\CCCCCCCCCC)COC(OCC[N+](C)(C)C)C(=O)[O-]. The summed E-state index contributed by atoms with van der Waals surface area (Å²) in [6, 6.07) is 0. The van der Waals surface area contributed by atoms with Gasteiger partial charge in [-0.15, -0.1) is 0 Å². The molecule has 0 aliphatic heterocycles. The third-order valence-electron chi connectivity index (χ3n) is 15.7. The maximum atomic E-state index is 12.9. The average Bonchev–Trinajstić information content (AvgIpc) is 3.42. The van der Waals surface area contributed by atoms with Crippen LogP contribution in [0, 0.1) is 0 Å². The van der Waals surface area contributed by atoms with E-state index in [0.717, 1.165) is 38.5 Å². The second-order valence-electron chi connectivity index (χ2n) is 24.8. The lowest BCUT2D eigenvalue weighted by Crippen LogP contribution is -2.44. The highest BCUT2D eigenvalue weighted by molar-refractivity contribution is 5.70. The summed E-state index contributed by atoms with van der Waals surface area (Å²) in [5.74, 6) is -2.26. The van der Waals surface area contributed by atoms with E-state index in [2.05, 4.69) is 38.2 Å². The zero-order valence-electron chi connectivity index (χ0n) is 53.3. The van der Waals surface area contributed by atoms with Crippen molar-refractivity contribution < 1.29 is 42.9 Å². The number of carboxylic acids is 1. The predicted octanol–water partition coefficient (Wildman–Crippen LogP) is 19.7. The first-order valence-electron chi connectivity index (χ1n) is 34.5. The molecule has 0 saturated heterocycles. The summed E-state index contributed by atoms with van der Waals surface area (Å²) < 4.78 is 22.8. The summed E-state index contributed by atoms with van der Waals surface area (Å²) in [6.07, 6.45) is 72.6. The number of allylic oxidation sites excluding steroid dienone is 4. The molecule has 2 unspecified atom stereocenters. The highest BCUT2D eigenvalue weighted by atomic mass is 16.7. The maximum absolute atomic E-state index is 12.9. The van der Waals surface area contributed by atoms with Crippen LogP contribution in [0.3, 0.4) is 0 Å². The second-order valence-corrected chi connectivity index (χ2v) is 24.8. The van der Waals surface area contributed by atoms with E-state index < -0.39 is 24.3 Å². The largest absolute Gasteiger partial charge is 0.545 e. The van der Waals surface area contributed by atoms with Crippen molar-refractivity contribution in [3.63, 3.8) is 0 Å². The number of nitrogens with zero attached hydrogens (tertiary/aromatic N) is 1. The summed E-state index contributed by atoms with van der Waals surface area (Å²) in [5, 5.41) is 11.8. The number of hydrogen-bond donors (Lipinski definition) is 0. The topological polar surface area (TPSA) is 111 Å². The van der Waals surface area contributed by atoms with Gasteiger partial charge < -0.3 is 33.3 Å². The predicted molar refractivity (Wildman–Crippen MR) is 334 cm³/mol. The first kappa shape index (κ1) is 76.8. The summed E-state index contributed by atoms with van der Waals surface area (Å²) in [4.78, 5) is 37.4. The third-order valence-corrected chi connectivity index (χ3v) is 15.7. The van der Waals surface area contributed by atoms with Crippen LogP contribution in [-0.2, 0) is 33.3 Å². The first-order chi connectivity index (χ1) is 38.6. The zero-order valence-corrected chi connectivity index (χ0v) is 53.3. The fraction of sp³-hybridized carbons (Fsp3) is 0.900. The Kier molecular flexibility index (Phi) is 60.1. The zero-order chi connectivity index (χ0) is 57.6. The molecule has 0 fully saturated rings. The Balaban J connectivity index is 4.07.